The molecule has 2 aromatic heterocycles. The lowest BCUT2D eigenvalue weighted by atomic mass is 10.1. The normalized spacial score (nSPS) is 20.0. The minimum Gasteiger partial charge on any atom is -0.494 e. The Morgan fingerprint density at radius 2 is 2.03 bits per heavy atom. The largest absolute Gasteiger partial charge is 0.494 e. The van der Waals surface area contributed by atoms with E-state index in [-0.39, 0.29) is 27.4 Å². The molecule has 2 aliphatic heterocycles. The summed E-state index contributed by atoms with van der Waals surface area (Å²) in [5.74, 6) is -1.08. The average Bonchev–Trinajstić information content (AvgIpc) is 3.20. The number of carbonyl (C=O) groups excluding carboxylic acids is 2. The monoisotopic (exact) mass is 486 g/mol. The van der Waals surface area contributed by atoms with E-state index < -0.39 is 29.0 Å². The first-order chi connectivity index (χ1) is 15.8. The highest BCUT2D eigenvalue weighted by atomic mass is 35.5. The third-order valence-electron chi connectivity index (χ3n) is 5.58. The van der Waals surface area contributed by atoms with Gasteiger partial charge in [-0.15, -0.1) is 11.8 Å². The number of urea groups is 1. The molecular formula is C22H16ClFN4O4S. The second-order valence-corrected chi connectivity index (χ2v) is 9.13. The Labute approximate surface area is 196 Å². The van der Waals surface area contributed by atoms with Gasteiger partial charge in [0, 0.05) is 35.3 Å². The number of thioether (sulfide) groups is 1. The van der Waals surface area contributed by atoms with Crippen LogP contribution in [-0.2, 0) is 11.8 Å². The third-order valence-corrected chi connectivity index (χ3v) is 7.25. The van der Waals surface area contributed by atoms with E-state index in [2.05, 4.69) is 10.3 Å². The number of pyridine rings is 2. The molecule has 2 aliphatic rings. The number of nitrogens with one attached hydrogen (secondary N) is 1. The van der Waals surface area contributed by atoms with Crippen LogP contribution in [0.2, 0.25) is 5.02 Å². The van der Waals surface area contributed by atoms with Crippen molar-refractivity contribution in [3.8, 4) is 5.75 Å². The number of halogens is 2. The zero-order valence-corrected chi connectivity index (χ0v) is 18.9. The Balaban J connectivity index is 1.54. The summed E-state index contributed by atoms with van der Waals surface area (Å²) in [6.07, 6.45) is 6.13. The smallest absolute Gasteiger partial charge is 0.329 e. The second-order valence-electron chi connectivity index (χ2n) is 7.54. The average molecular weight is 487 g/mol. The fourth-order valence-electron chi connectivity index (χ4n) is 3.94. The van der Waals surface area contributed by atoms with Crippen molar-refractivity contribution in [2.45, 2.75) is 11.3 Å². The van der Waals surface area contributed by atoms with Gasteiger partial charge in [-0.25, -0.2) is 14.1 Å². The molecule has 0 bridgehead atoms. The van der Waals surface area contributed by atoms with Crippen LogP contribution >= 0.6 is 23.4 Å². The molecule has 0 aliphatic carbocycles. The van der Waals surface area contributed by atoms with Crippen molar-refractivity contribution in [3.05, 3.63) is 69.6 Å². The van der Waals surface area contributed by atoms with Gasteiger partial charge in [-0.2, -0.15) is 0 Å². The molecule has 2 atom stereocenters. The zero-order valence-electron chi connectivity index (χ0n) is 17.3. The topological polar surface area (TPSA) is 93.5 Å². The zero-order chi connectivity index (χ0) is 23.4. The second kappa shape index (κ2) is 7.89. The van der Waals surface area contributed by atoms with Crippen molar-refractivity contribution >= 4 is 56.7 Å². The summed E-state index contributed by atoms with van der Waals surface area (Å²) in [4.78, 5) is 44.9. The van der Waals surface area contributed by atoms with Crippen molar-refractivity contribution in [1.82, 2.24) is 14.9 Å². The quantitative estimate of drug-likeness (QED) is 0.610. The summed E-state index contributed by atoms with van der Waals surface area (Å²) in [5, 5.41) is 2.99. The third kappa shape index (κ3) is 3.37. The van der Waals surface area contributed by atoms with Crippen LogP contribution in [0.1, 0.15) is 5.56 Å². The van der Waals surface area contributed by atoms with Gasteiger partial charge in [0.2, 0.25) is 0 Å². The molecule has 2 unspecified atom stereocenters. The Morgan fingerprint density at radius 3 is 2.79 bits per heavy atom. The number of hydrogen-bond donors (Lipinski definition) is 1. The molecule has 1 aromatic carbocycles. The standard InChI is InChI=1S/C22H16ClFN4O4S/c1-27-4-3-10-8-25-9-15(18(10)20(27)29)28-21(30)19-14(26-22(28)31)7-17(33-19)11-5-16(32-2)13(24)6-12(11)23/h3-9,14,19H,1-2H3,(H,26,31). The van der Waals surface area contributed by atoms with Crippen LogP contribution in [0.15, 0.2) is 47.7 Å². The first-order valence-corrected chi connectivity index (χ1v) is 11.1. The number of ether oxygens (including phenoxy) is 1. The van der Waals surface area contributed by atoms with E-state index in [4.69, 9.17) is 16.3 Å². The number of carbonyl (C=O) groups is 2. The van der Waals surface area contributed by atoms with Gasteiger partial charge in [-0.3, -0.25) is 14.6 Å². The number of anilines is 1. The van der Waals surface area contributed by atoms with Gasteiger partial charge < -0.3 is 14.6 Å². The SMILES string of the molecule is COc1cc(C2=CC3NC(=O)N(c4cncc5ccn(C)c(=O)c45)C(=O)C3S2)c(Cl)cc1F. The van der Waals surface area contributed by atoms with Crippen LogP contribution in [0.25, 0.3) is 15.7 Å². The van der Waals surface area contributed by atoms with Gasteiger partial charge in [-0.1, -0.05) is 11.6 Å². The van der Waals surface area contributed by atoms with Crippen molar-refractivity contribution in [3.63, 3.8) is 0 Å². The Hall–Kier alpha value is -3.37. The number of amides is 3. The molecule has 3 aromatic rings. The van der Waals surface area contributed by atoms with E-state index in [1.54, 1.807) is 25.4 Å². The number of imide groups is 1. The van der Waals surface area contributed by atoms with Crippen LogP contribution in [0.3, 0.4) is 0 Å². The summed E-state index contributed by atoms with van der Waals surface area (Å²) in [5.41, 5.74) is 0.254. The summed E-state index contributed by atoms with van der Waals surface area (Å²) in [6, 6.07) is 3.03. The predicted octanol–water partition coefficient (Wildman–Crippen LogP) is 3.32. The Morgan fingerprint density at radius 1 is 1.24 bits per heavy atom. The molecule has 0 radical (unpaired) electrons. The minimum absolute atomic E-state index is 0.0143. The van der Waals surface area contributed by atoms with Crippen molar-refractivity contribution in [2.24, 2.45) is 7.05 Å². The molecule has 5 rings (SSSR count). The lowest BCUT2D eigenvalue weighted by Gasteiger charge is -2.33. The highest BCUT2D eigenvalue weighted by Crippen LogP contribution is 2.45. The van der Waals surface area contributed by atoms with Gasteiger partial charge in [0.25, 0.3) is 11.5 Å². The number of nitrogens with zero attached hydrogens (tertiary/aromatic N) is 3. The van der Waals surface area contributed by atoms with Gasteiger partial charge in [-0.05, 0) is 24.3 Å². The van der Waals surface area contributed by atoms with Gasteiger partial charge in [0.15, 0.2) is 11.6 Å². The molecular weight excluding hydrogens is 471 g/mol. The number of benzene rings is 1. The highest BCUT2D eigenvalue weighted by molar-refractivity contribution is 8.09. The molecule has 33 heavy (non-hydrogen) atoms. The van der Waals surface area contributed by atoms with Crippen molar-refractivity contribution < 1.29 is 18.7 Å². The molecule has 11 heteroatoms. The number of aryl methyl sites for hydroxylation is 1. The van der Waals surface area contributed by atoms with Gasteiger partial charge in [0.1, 0.15) is 5.25 Å². The molecule has 4 heterocycles. The number of methoxy groups -OCH3 is 1. The van der Waals surface area contributed by atoms with Crippen LogP contribution < -0.4 is 20.5 Å². The van der Waals surface area contributed by atoms with Crippen molar-refractivity contribution in [1.29, 1.82) is 0 Å². The lowest BCUT2D eigenvalue weighted by molar-refractivity contribution is -0.118. The summed E-state index contributed by atoms with van der Waals surface area (Å²) < 4.78 is 20.4. The molecule has 3 amide bonds. The number of aromatic nitrogens is 2. The Kier molecular flexibility index (Phi) is 5.13. The van der Waals surface area contributed by atoms with E-state index >= 15 is 0 Å². The van der Waals surface area contributed by atoms with Gasteiger partial charge in [0.05, 0.1) is 35.4 Å². The lowest BCUT2D eigenvalue weighted by Crippen LogP contribution is -2.60. The molecule has 168 valence electrons. The summed E-state index contributed by atoms with van der Waals surface area (Å²) in [7, 11) is 2.93. The molecule has 8 nitrogen and oxygen atoms in total. The van der Waals surface area contributed by atoms with Crippen LogP contribution in [0.5, 0.6) is 5.75 Å². The maximum Gasteiger partial charge on any atom is 0.329 e. The molecule has 1 N–H and O–H groups in total. The predicted molar refractivity (Wildman–Crippen MR) is 124 cm³/mol. The maximum absolute atomic E-state index is 14.0. The molecule has 0 saturated carbocycles. The number of rotatable bonds is 3. The van der Waals surface area contributed by atoms with Crippen LogP contribution in [-0.4, -0.2) is 39.9 Å². The molecule has 1 fully saturated rings. The highest BCUT2D eigenvalue weighted by Gasteiger charge is 2.46. The first-order valence-electron chi connectivity index (χ1n) is 9.80. The van der Waals surface area contributed by atoms with E-state index in [9.17, 15) is 18.8 Å². The van der Waals surface area contributed by atoms with E-state index in [1.165, 1.54) is 41.9 Å². The van der Waals surface area contributed by atoms with E-state index in [1.807, 2.05) is 0 Å². The first kappa shape index (κ1) is 21.5. The minimum atomic E-state index is -0.701. The Bertz CT molecular complexity index is 1440. The fourth-order valence-corrected chi connectivity index (χ4v) is 5.54. The van der Waals surface area contributed by atoms with Crippen molar-refractivity contribution in [2.75, 3.05) is 12.0 Å². The summed E-state index contributed by atoms with van der Waals surface area (Å²) >= 11 is 7.44. The number of hydrogen-bond acceptors (Lipinski definition) is 6. The maximum atomic E-state index is 14.0. The van der Waals surface area contributed by atoms with E-state index in [0.717, 1.165) is 11.0 Å². The summed E-state index contributed by atoms with van der Waals surface area (Å²) in [6.45, 7) is 0. The number of fused-ring (bicyclic) bond motifs is 2. The van der Waals surface area contributed by atoms with Gasteiger partial charge >= 0.3 is 6.03 Å². The molecule has 0 spiro atoms. The van der Waals surface area contributed by atoms with Crippen LogP contribution in [0.4, 0.5) is 14.9 Å². The fraction of sp³-hybridized carbons (Fsp3) is 0.182. The van der Waals surface area contributed by atoms with Crippen LogP contribution in [0, 0.1) is 5.82 Å². The molecule has 1 saturated heterocycles. The van der Waals surface area contributed by atoms with E-state index in [0.29, 0.717) is 15.9 Å².